The van der Waals surface area contributed by atoms with Crippen molar-refractivity contribution in [2.24, 2.45) is 0 Å². The molecule has 1 N–H and O–H groups in total. The summed E-state index contributed by atoms with van der Waals surface area (Å²) in [6.07, 6.45) is 3.60. The molecule has 0 aliphatic heterocycles. The van der Waals surface area contributed by atoms with Crippen LogP contribution in [0.5, 0.6) is 0 Å². The van der Waals surface area contributed by atoms with E-state index in [-0.39, 0.29) is 17.9 Å². The first kappa shape index (κ1) is 22.7. The van der Waals surface area contributed by atoms with Crippen molar-refractivity contribution in [3.05, 3.63) is 80.8 Å². The number of rotatable bonds is 7. The van der Waals surface area contributed by atoms with Gasteiger partial charge in [0.1, 0.15) is 10.2 Å². The van der Waals surface area contributed by atoms with Crippen LogP contribution in [0.3, 0.4) is 0 Å². The highest BCUT2D eigenvalue weighted by Gasteiger charge is 2.28. The zero-order chi connectivity index (χ0) is 22.8. The van der Waals surface area contributed by atoms with E-state index in [0.29, 0.717) is 22.3 Å². The number of hydrogen-bond donors (Lipinski definition) is 1. The molecule has 4 aromatic rings. The number of nitrogens with zero attached hydrogens (tertiary/aromatic N) is 5. The number of halogens is 4. The minimum absolute atomic E-state index is 0.147. The molecule has 0 fully saturated rings. The van der Waals surface area contributed by atoms with E-state index in [0.717, 1.165) is 15.3 Å². The Kier molecular flexibility index (Phi) is 6.79. The van der Waals surface area contributed by atoms with E-state index in [2.05, 4.69) is 25.8 Å². The van der Waals surface area contributed by atoms with Crippen molar-refractivity contribution in [1.29, 1.82) is 0 Å². The lowest BCUT2D eigenvalue weighted by Crippen LogP contribution is -2.26. The summed E-state index contributed by atoms with van der Waals surface area (Å²) in [5.41, 5.74) is 0.997. The van der Waals surface area contributed by atoms with Crippen molar-refractivity contribution in [3.8, 4) is 5.69 Å². The minimum atomic E-state index is -1.30. The van der Waals surface area contributed by atoms with Crippen LogP contribution in [0.2, 0.25) is 5.02 Å². The highest BCUT2D eigenvalue weighted by molar-refractivity contribution is 8.00. The lowest BCUT2D eigenvalue weighted by Gasteiger charge is -2.20. The molecule has 0 radical (unpaired) electrons. The van der Waals surface area contributed by atoms with Gasteiger partial charge in [0.15, 0.2) is 17.5 Å². The summed E-state index contributed by atoms with van der Waals surface area (Å²) >= 11 is 9.19. The van der Waals surface area contributed by atoms with Crippen molar-refractivity contribution >= 4 is 34.7 Å². The van der Waals surface area contributed by atoms with Gasteiger partial charge >= 0.3 is 0 Å². The smallest absolute Gasteiger partial charge is 0.178 e. The van der Waals surface area contributed by atoms with E-state index < -0.39 is 23.5 Å². The molecule has 4 rings (SSSR count). The number of thiazole rings is 1. The fourth-order valence-corrected chi connectivity index (χ4v) is 4.74. The van der Waals surface area contributed by atoms with E-state index in [1.54, 1.807) is 31.3 Å². The van der Waals surface area contributed by atoms with Gasteiger partial charge in [-0.25, -0.2) is 18.2 Å². The molecule has 0 aliphatic rings. The van der Waals surface area contributed by atoms with Crippen LogP contribution < -0.4 is 5.32 Å². The lowest BCUT2D eigenvalue weighted by atomic mass is 10.0. The third-order valence-electron chi connectivity index (χ3n) is 4.74. The molecule has 0 spiro atoms. The summed E-state index contributed by atoms with van der Waals surface area (Å²) < 4.78 is 45.1. The molecule has 0 bridgehead atoms. The van der Waals surface area contributed by atoms with Crippen LogP contribution in [0.4, 0.5) is 13.2 Å². The van der Waals surface area contributed by atoms with Crippen molar-refractivity contribution in [3.63, 3.8) is 0 Å². The Morgan fingerprint density at radius 2 is 2.06 bits per heavy atom. The molecule has 6 nitrogen and oxygen atoms in total. The van der Waals surface area contributed by atoms with Gasteiger partial charge in [-0.15, -0.1) is 16.4 Å². The molecule has 32 heavy (non-hydrogen) atoms. The second-order valence-corrected chi connectivity index (χ2v) is 9.31. The topological polar surface area (TPSA) is 68.5 Å². The quantitative estimate of drug-likeness (QED) is 0.283. The Balaban J connectivity index is 1.80. The number of thioether (sulfide) groups is 1. The van der Waals surface area contributed by atoms with Crippen LogP contribution in [-0.4, -0.2) is 31.4 Å². The molecule has 0 saturated carbocycles. The van der Waals surface area contributed by atoms with Crippen LogP contribution >= 0.6 is 34.7 Å². The van der Waals surface area contributed by atoms with E-state index in [9.17, 15) is 13.2 Å². The molecule has 12 heteroatoms. The highest BCUT2D eigenvalue weighted by Crippen LogP contribution is 2.30. The Morgan fingerprint density at radius 3 is 2.81 bits per heavy atom. The molecule has 0 amide bonds. The maximum atomic E-state index is 14.8. The van der Waals surface area contributed by atoms with Crippen molar-refractivity contribution in [2.75, 3.05) is 6.26 Å². The minimum Gasteiger partial charge on any atom is -0.298 e. The number of hydrogen-bond acceptors (Lipinski definition) is 7. The fourth-order valence-electron chi connectivity index (χ4n) is 3.17. The van der Waals surface area contributed by atoms with Gasteiger partial charge in [-0.05, 0) is 47.4 Å². The van der Waals surface area contributed by atoms with Gasteiger partial charge in [0.25, 0.3) is 0 Å². The maximum Gasteiger partial charge on any atom is 0.178 e. The summed E-state index contributed by atoms with van der Waals surface area (Å²) in [4.78, 5) is 5.12. The molecule has 2 heterocycles. The van der Waals surface area contributed by atoms with Gasteiger partial charge < -0.3 is 0 Å². The predicted molar refractivity (Wildman–Crippen MR) is 118 cm³/mol. The van der Waals surface area contributed by atoms with Crippen molar-refractivity contribution in [2.45, 2.75) is 23.8 Å². The van der Waals surface area contributed by atoms with Crippen LogP contribution in [0.1, 0.15) is 27.9 Å². The molecule has 1 atom stereocenters. The Hall–Kier alpha value is -2.47. The first-order valence-electron chi connectivity index (χ1n) is 9.29. The summed E-state index contributed by atoms with van der Waals surface area (Å²) in [5.74, 6) is -3.25. The molecular formula is C20H16ClF3N6S2. The largest absolute Gasteiger partial charge is 0.298 e. The van der Waals surface area contributed by atoms with E-state index in [4.69, 9.17) is 11.6 Å². The van der Waals surface area contributed by atoms with Gasteiger partial charge in [0.05, 0.1) is 11.7 Å². The standard InChI is InChI=1S/C20H16ClF3N6S2/c1-10-14(21)4-3-5-16(10)30-19(27-28-29-30)18(13-6-11(22)7-15(23)17(13)24)25-8-12-9-26-20(31-2)32-12/h3-7,9,18,25H,8H2,1-2H3. The third-order valence-corrected chi connectivity index (χ3v) is 7.14. The van der Waals surface area contributed by atoms with E-state index in [1.165, 1.54) is 27.8 Å². The molecule has 2 aromatic heterocycles. The number of tetrazole rings is 1. The van der Waals surface area contributed by atoms with Crippen LogP contribution in [-0.2, 0) is 6.54 Å². The van der Waals surface area contributed by atoms with Crippen molar-refractivity contribution in [1.82, 2.24) is 30.5 Å². The van der Waals surface area contributed by atoms with Crippen LogP contribution in [0, 0.1) is 24.4 Å². The zero-order valence-electron chi connectivity index (χ0n) is 16.8. The lowest BCUT2D eigenvalue weighted by molar-refractivity contribution is 0.460. The number of nitrogens with one attached hydrogen (secondary N) is 1. The van der Waals surface area contributed by atoms with Gasteiger partial charge in [-0.2, -0.15) is 4.68 Å². The average Bonchev–Trinajstić information content (AvgIpc) is 3.43. The van der Waals surface area contributed by atoms with Crippen molar-refractivity contribution < 1.29 is 13.2 Å². The highest BCUT2D eigenvalue weighted by atomic mass is 35.5. The van der Waals surface area contributed by atoms with Gasteiger partial charge in [-0.1, -0.05) is 29.4 Å². The normalized spacial score (nSPS) is 12.3. The van der Waals surface area contributed by atoms with Crippen LogP contribution in [0.15, 0.2) is 40.9 Å². The average molecular weight is 497 g/mol. The SMILES string of the molecule is CSc1ncc(CNC(c2cc(F)cc(F)c2F)c2nnnn2-c2cccc(Cl)c2C)s1. The first-order chi connectivity index (χ1) is 15.4. The molecule has 0 aliphatic carbocycles. The first-order valence-corrected chi connectivity index (χ1v) is 11.7. The summed E-state index contributed by atoms with van der Waals surface area (Å²) in [5, 5.41) is 15.4. The molecule has 1 unspecified atom stereocenters. The summed E-state index contributed by atoms with van der Waals surface area (Å²) in [6.45, 7) is 2.04. The second kappa shape index (κ2) is 9.57. The Labute approximate surface area is 194 Å². The number of benzene rings is 2. The molecule has 166 valence electrons. The molecular weight excluding hydrogens is 481 g/mol. The third kappa shape index (κ3) is 4.51. The zero-order valence-corrected chi connectivity index (χ0v) is 19.2. The molecule has 2 aromatic carbocycles. The number of aromatic nitrogens is 5. The fraction of sp³-hybridized carbons (Fsp3) is 0.200. The monoisotopic (exact) mass is 496 g/mol. The Morgan fingerprint density at radius 1 is 1.25 bits per heavy atom. The van der Waals surface area contributed by atoms with E-state index in [1.807, 2.05) is 6.26 Å². The molecule has 0 saturated heterocycles. The summed E-state index contributed by atoms with van der Waals surface area (Å²) in [6, 6.07) is 5.55. The predicted octanol–water partition coefficient (Wildman–Crippen LogP) is 5.10. The summed E-state index contributed by atoms with van der Waals surface area (Å²) in [7, 11) is 0. The second-order valence-electron chi connectivity index (χ2n) is 6.73. The van der Waals surface area contributed by atoms with Crippen LogP contribution in [0.25, 0.3) is 5.69 Å². The van der Waals surface area contributed by atoms with Gasteiger partial charge in [-0.3, -0.25) is 5.32 Å². The van der Waals surface area contributed by atoms with Gasteiger partial charge in [0.2, 0.25) is 0 Å². The maximum absolute atomic E-state index is 14.8. The van der Waals surface area contributed by atoms with Gasteiger partial charge in [0, 0.05) is 34.3 Å². The Bertz CT molecular complexity index is 1260. The van der Waals surface area contributed by atoms with E-state index >= 15 is 0 Å².